The number of hydrogen-bond donors (Lipinski definition) is 4. The molecule has 0 radical (unpaired) electrons. The van der Waals surface area contributed by atoms with Gasteiger partial charge >= 0.3 is 0 Å². The van der Waals surface area contributed by atoms with Crippen LogP contribution in [0, 0.1) is 28.1 Å². The standard InChI is InChI=1S/C27H52N4S2/c1-6-26(4)20-21-19-22(25(21)26)32-17-15-30-23(28)13-11-9-10-12-14-24(29)31-16-18-33-27(5,7-2)8-3/h21-22,25H,6-20H2,1-5H3,(H2,28,30)(H2,29,31). The second kappa shape index (κ2) is 14.3. The lowest BCUT2D eigenvalue weighted by Crippen LogP contribution is -2.59. The van der Waals surface area contributed by atoms with Gasteiger partial charge in [0.2, 0.25) is 0 Å². The molecule has 0 heterocycles. The Bertz CT molecular complexity index is 607. The third-order valence-electron chi connectivity index (χ3n) is 8.55. The molecule has 192 valence electrons. The normalized spacial score (nSPS) is 26.2. The first kappa shape index (κ1) is 28.9. The third kappa shape index (κ3) is 8.98. The van der Waals surface area contributed by atoms with E-state index in [1.165, 1.54) is 32.1 Å². The van der Waals surface area contributed by atoms with Crippen LogP contribution in [0.2, 0.25) is 0 Å². The monoisotopic (exact) mass is 496 g/mol. The molecule has 6 heteroatoms. The molecule has 2 aliphatic carbocycles. The fourth-order valence-electron chi connectivity index (χ4n) is 5.55. The summed E-state index contributed by atoms with van der Waals surface area (Å²) in [6.45, 7) is 13.6. The fraction of sp³-hybridized carbons (Fsp3) is 0.926. The predicted octanol–water partition coefficient (Wildman–Crippen LogP) is 7.33. The van der Waals surface area contributed by atoms with Crippen LogP contribution >= 0.6 is 23.5 Å². The van der Waals surface area contributed by atoms with E-state index in [-0.39, 0.29) is 0 Å². The predicted molar refractivity (Wildman–Crippen MR) is 151 cm³/mol. The maximum Gasteiger partial charge on any atom is 0.0931 e. The Balaban J connectivity index is 1.37. The zero-order valence-corrected chi connectivity index (χ0v) is 23.8. The number of hydrogen-bond acceptors (Lipinski definition) is 4. The highest BCUT2D eigenvalue weighted by Gasteiger charge is 2.59. The van der Waals surface area contributed by atoms with Crippen LogP contribution in [0.5, 0.6) is 0 Å². The molecule has 0 aromatic carbocycles. The van der Waals surface area contributed by atoms with Crippen molar-refractivity contribution in [3.8, 4) is 0 Å². The highest BCUT2D eigenvalue weighted by molar-refractivity contribution is 8.00. The van der Waals surface area contributed by atoms with Gasteiger partial charge in [-0.15, -0.1) is 0 Å². The number of unbranched alkanes of at least 4 members (excludes halogenated alkanes) is 3. The zero-order chi connectivity index (χ0) is 24.3. The van der Waals surface area contributed by atoms with Crippen molar-refractivity contribution in [3.63, 3.8) is 0 Å². The minimum Gasteiger partial charge on any atom is -0.373 e. The molecule has 4 atom stereocenters. The topological polar surface area (TPSA) is 71.8 Å². The van der Waals surface area contributed by atoms with Gasteiger partial charge < -0.3 is 10.6 Å². The van der Waals surface area contributed by atoms with Gasteiger partial charge in [0.15, 0.2) is 0 Å². The summed E-state index contributed by atoms with van der Waals surface area (Å²) in [5.41, 5.74) is 0.625. The SMILES string of the molecule is CCC(C)(CC)SCCNC(=N)CCCCCCC(=N)NCCSC1CC2CC(C)(CC)C21. The van der Waals surface area contributed by atoms with E-state index in [0.29, 0.717) is 21.8 Å². The van der Waals surface area contributed by atoms with Gasteiger partial charge in [-0.3, -0.25) is 10.8 Å². The van der Waals surface area contributed by atoms with Crippen LogP contribution in [0.4, 0.5) is 0 Å². The first-order valence-corrected chi connectivity index (χ1v) is 15.7. The van der Waals surface area contributed by atoms with E-state index >= 15 is 0 Å². The molecule has 2 fully saturated rings. The molecule has 0 aliphatic heterocycles. The molecular weight excluding hydrogens is 444 g/mol. The zero-order valence-electron chi connectivity index (χ0n) is 22.2. The highest BCUT2D eigenvalue weighted by atomic mass is 32.2. The Morgan fingerprint density at radius 2 is 1.52 bits per heavy atom. The molecular formula is C27H52N4S2. The van der Waals surface area contributed by atoms with Crippen molar-refractivity contribution in [1.82, 2.24) is 10.6 Å². The van der Waals surface area contributed by atoms with Gasteiger partial charge in [0.1, 0.15) is 0 Å². The molecule has 2 saturated carbocycles. The molecule has 4 nitrogen and oxygen atoms in total. The quantitative estimate of drug-likeness (QED) is 0.0910. The van der Waals surface area contributed by atoms with Crippen LogP contribution in [-0.4, -0.2) is 46.3 Å². The first-order chi connectivity index (χ1) is 15.8. The fourth-order valence-corrected chi connectivity index (χ4v) is 8.32. The highest BCUT2D eigenvalue weighted by Crippen LogP contribution is 2.66. The van der Waals surface area contributed by atoms with Gasteiger partial charge in [-0.1, -0.05) is 53.9 Å². The summed E-state index contributed by atoms with van der Waals surface area (Å²) in [6.07, 6.45) is 12.9. The average Bonchev–Trinajstić information content (AvgIpc) is 2.79. The number of nitrogens with one attached hydrogen (secondary N) is 4. The molecule has 0 aromatic rings. The van der Waals surface area contributed by atoms with Crippen molar-refractivity contribution >= 4 is 35.2 Å². The van der Waals surface area contributed by atoms with E-state index in [1.807, 2.05) is 11.8 Å². The lowest BCUT2D eigenvalue weighted by atomic mass is 9.44. The second-order valence-corrected chi connectivity index (χ2v) is 13.9. The summed E-state index contributed by atoms with van der Waals surface area (Å²) >= 11 is 4.18. The molecule has 0 aromatic heterocycles. The number of thioether (sulfide) groups is 2. The minimum absolute atomic E-state index is 0.387. The maximum atomic E-state index is 8.16. The van der Waals surface area contributed by atoms with Crippen LogP contribution < -0.4 is 10.6 Å². The second-order valence-electron chi connectivity index (χ2n) is 10.9. The van der Waals surface area contributed by atoms with Gasteiger partial charge in [0, 0.05) is 47.4 Å². The first-order valence-electron chi connectivity index (χ1n) is 13.6. The Morgan fingerprint density at radius 3 is 2.03 bits per heavy atom. The minimum atomic E-state index is 0.387. The summed E-state index contributed by atoms with van der Waals surface area (Å²) in [7, 11) is 0. The van der Waals surface area contributed by atoms with Gasteiger partial charge in [0.25, 0.3) is 0 Å². The molecule has 4 unspecified atom stereocenters. The summed E-state index contributed by atoms with van der Waals surface area (Å²) < 4.78 is 0.387. The smallest absolute Gasteiger partial charge is 0.0931 e. The van der Waals surface area contributed by atoms with E-state index < -0.39 is 0 Å². The van der Waals surface area contributed by atoms with Gasteiger partial charge in [-0.2, -0.15) is 23.5 Å². The van der Waals surface area contributed by atoms with E-state index in [4.69, 9.17) is 10.8 Å². The lowest BCUT2D eigenvalue weighted by Gasteiger charge is -2.64. The molecule has 4 N–H and O–H groups in total. The van der Waals surface area contributed by atoms with Gasteiger partial charge in [0.05, 0.1) is 11.7 Å². The van der Waals surface area contributed by atoms with Crippen LogP contribution in [0.15, 0.2) is 0 Å². The average molecular weight is 497 g/mol. The van der Waals surface area contributed by atoms with Crippen LogP contribution in [0.3, 0.4) is 0 Å². The van der Waals surface area contributed by atoms with Crippen molar-refractivity contribution in [3.05, 3.63) is 0 Å². The van der Waals surface area contributed by atoms with Crippen molar-refractivity contribution in [2.24, 2.45) is 17.3 Å². The molecule has 0 saturated heterocycles. The van der Waals surface area contributed by atoms with Crippen LogP contribution in [-0.2, 0) is 0 Å². The molecule has 0 amide bonds. The molecule has 33 heavy (non-hydrogen) atoms. The maximum absolute atomic E-state index is 8.16. The largest absolute Gasteiger partial charge is 0.373 e. The van der Waals surface area contributed by atoms with Crippen molar-refractivity contribution in [2.75, 3.05) is 24.6 Å². The summed E-state index contributed by atoms with van der Waals surface area (Å²) in [6, 6.07) is 0. The van der Waals surface area contributed by atoms with E-state index in [9.17, 15) is 0 Å². The molecule has 0 bridgehead atoms. The van der Waals surface area contributed by atoms with Crippen LogP contribution in [0.1, 0.15) is 105 Å². The van der Waals surface area contributed by atoms with Crippen molar-refractivity contribution < 1.29 is 0 Å². The van der Waals surface area contributed by atoms with Gasteiger partial charge in [-0.25, -0.2) is 0 Å². The van der Waals surface area contributed by atoms with Crippen LogP contribution in [0.25, 0.3) is 0 Å². The Hall–Kier alpha value is -0.360. The van der Waals surface area contributed by atoms with E-state index in [1.54, 1.807) is 0 Å². The molecule has 2 aliphatic rings. The van der Waals surface area contributed by atoms with Gasteiger partial charge in [-0.05, 0) is 55.8 Å². The number of fused-ring (bicyclic) bond motifs is 1. The molecule has 2 rings (SSSR count). The lowest BCUT2D eigenvalue weighted by molar-refractivity contribution is -0.0985. The Morgan fingerprint density at radius 1 is 0.939 bits per heavy atom. The Labute approximate surface area is 213 Å². The summed E-state index contributed by atoms with van der Waals surface area (Å²) in [5, 5.41) is 23.8. The number of rotatable bonds is 18. The van der Waals surface area contributed by atoms with E-state index in [2.05, 4.69) is 57.0 Å². The summed E-state index contributed by atoms with van der Waals surface area (Å²) in [5.74, 6) is 5.62. The van der Waals surface area contributed by atoms with E-state index in [0.717, 1.165) is 80.2 Å². The van der Waals surface area contributed by atoms with Crippen molar-refractivity contribution in [1.29, 1.82) is 10.8 Å². The third-order valence-corrected chi connectivity index (χ3v) is 11.6. The Kier molecular flexibility index (Phi) is 12.5. The summed E-state index contributed by atoms with van der Waals surface area (Å²) in [4.78, 5) is 0. The molecule has 0 spiro atoms. The number of amidine groups is 2. The van der Waals surface area contributed by atoms with Crippen molar-refractivity contribution in [2.45, 2.75) is 115 Å².